The van der Waals surface area contributed by atoms with Crippen LogP contribution in [0.2, 0.25) is 0 Å². The van der Waals surface area contributed by atoms with Gasteiger partial charge in [0.1, 0.15) is 6.10 Å². The smallest absolute Gasteiger partial charge is 0.291 e. The maximum Gasteiger partial charge on any atom is 0.291 e. The number of carbonyl (C=O) groups excluding carboxylic acids is 1. The summed E-state index contributed by atoms with van der Waals surface area (Å²) in [7, 11) is 0. The van der Waals surface area contributed by atoms with E-state index in [1.807, 2.05) is 37.3 Å². The van der Waals surface area contributed by atoms with E-state index < -0.39 is 0 Å². The zero-order chi connectivity index (χ0) is 14.7. The van der Waals surface area contributed by atoms with Crippen LogP contribution in [0.1, 0.15) is 29.2 Å². The summed E-state index contributed by atoms with van der Waals surface area (Å²) in [4.78, 5) is 22.3. The number of rotatable bonds is 2. The van der Waals surface area contributed by atoms with Crippen LogP contribution in [0.3, 0.4) is 0 Å². The monoisotopic (exact) mass is 283 g/mol. The lowest BCUT2D eigenvalue weighted by Crippen LogP contribution is -2.46. The minimum atomic E-state index is -0.147. The highest BCUT2D eigenvalue weighted by Crippen LogP contribution is 2.25. The average Bonchev–Trinajstić information content (AvgIpc) is 2.55. The van der Waals surface area contributed by atoms with E-state index in [2.05, 4.69) is 9.97 Å². The van der Waals surface area contributed by atoms with Gasteiger partial charge in [0, 0.05) is 18.9 Å². The second kappa shape index (κ2) is 6.01. The van der Waals surface area contributed by atoms with Gasteiger partial charge in [-0.15, -0.1) is 0 Å². The van der Waals surface area contributed by atoms with Gasteiger partial charge in [-0.1, -0.05) is 30.3 Å². The van der Waals surface area contributed by atoms with Crippen molar-refractivity contribution in [3.8, 4) is 0 Å². The number of carbonyl (C=O) groups is 1. The molecule has 5 heteroatoms. The first kappa shape index (κ1) is 13.7. The highest BCUT2D eigenvalue weighted by atomic mass is 16.5. The second-order valence-corrected chi connectivity index (χ2v) is 5.13. The molecule has 1 aliphatic rings. The molecule has 1 aromatic heterocycles. The Kier molecular flexibility index (Phi) is 3.92. The molecule has 2 unspecified atom stereocenters. The normalized spacial score (nSPS) is 22.0. The fraction of sp³-hybridized carbons (Fsp3) is 0.312. The van der Waals surface area contributed by atoms with Crippen molar-refractivity contribution in [2.75, 3.05) is 13.1 Å². The third kappa shape index (κ3) is 3.08. The summed E-state index contributed by atoms with van der Waals surface area (Å²) in [6.45, 7) is 3.05. The van der Waals surface area contributed by atoms with Crippen LogP contribution in [0.25, 0.3) is 0 Å². The Balaban J connectivity index is 1.79. The van der Waals surface area contributed by atoms with Gasteiger partial charge in [0.05, 0.1) is 12.6 Å². The molecule has 1 saturated heterocycles. The van der Waals surface area contributed by atoms with Crippen LogP contribution in [-0.4, -0.2) is 40.0 Å². The van der Waals surface area contributed by atoms with Gasteiger partial charge in [-0.05, 0) is 18.6 Å². The maximum atomic E-state index is 12.5. The Hall–Kier alpha value is -2.27. The number of amides is 1. The summed E-state index contributed by atoms with van der Waals surface area (Å²) in [5, 5.41) is 0. The molecule has 1 amide bonds. The van der Waals surface area contributed by atoms with Crippen LogP contribution in [0, 0.1) is 0 Å². The van der Waals surface area contributed by atoms with Crippen LogP contribution in [-0.2, 0) is 4.74 Å². The summed E-state index contributed by atoms with van der Waals surface area (Å²) in [6.07, 6.45) is 3.04. The summed E-state index contributed by atoms with van der Waals surface area (Å²) in [5.74, 6) is 0.0880. The van der Waals surface area contributed by atoms with Crippen molar-refractivity contribution < 1.29 is 9.53 Å². The lowest BCUT2D eigenvalue weighted by molar-refractivity contribution is -0.0694. The molecule has 0 radical (unpaired) electrons. The zero-order valence-electron chi connectivity index (χ0n) is 11.8. The van der Waals surface area contributed by atoms with Crippen LogP contribution >= 0.6 is 0 Å². The Bertz CT molecular complexity index is 603. The molecule has 2 atom stereocenters. The van der Waals surface area contributed by atoms with E-state index in [1.54, 1.807) is 23.4 Å². The largest absolute Gasteiger partial charge is 0.367 e. The number of ether oxygens (including phenoxy) is 1. The van der Waals surface area contributed by atoms with Crippen molar-refractivity contribution in [2.24, 2.45) is 0 Å². The topological polar surface area (TPSA) is 55.3 Å². The lowest BCUT2D eigenvalue weighted by Gasteiger charge is -2.36. The molecular formula is C16H17N3O2. The molecule has 2 aromatic rings. The highest BCUT2D eigenvalue weighted by molar-refractivity contribution is 5.90. The van der Waals surface area contributed by atoms with Crippen LogP contribution in [0.5, 0.6) is 0 Å². The number of nitrogens with zero attached hydrogens (tertiary/aromatic N) is 3. The number of hydrogen-bond acceptors (Lipinski definition) is 4. The highest BCUT2D eigenvalue weighted by Gasteiger charge is 2.30. The van der Waals surface area contributed by atoms with E-state index in [0.29, 0.717) is 13.1 Å². The number of aromatic nitrogens is 2. The lowest BCUT2D eigenvalue weighted by atomic mass is 10.1. The first-order chi connectivity index (χ1) is 10.2. The first-order valence-electron chi connectivity index (χ1n) is 7.01. The Labute approximate surface area is 123 Å². The van der Waals surface area contributed by atoms with E-state index >= 15 is 0 Å². The molecule has 1 aliphatic heterocycles. The minimum Gasteiger partial charge on any atom is -0.367 e. The maximum absolute atomic E-state index is 12.5. The molecule has 3 rings (SSSR count). The van der Waals surface area contributed by atoms with Gasteiger partial charge in [-0.3, -0.25) is 4.79 Å². The molecular weight excluding hydrogens is 266 g/mol. The molecule has 0 spiro atoms. The van der Waals surface area contributed by atoms with Gasteiger partial charge in [0.25, 0.3) is 5.91 Å². The van der Waals surface area contributed by atoms with Crippen LogP contribution in [0.15, 0.2) is 48.8 Å². The number of benzene rings is 1. The summed E-state index contributed by atoms with van der Waals surface area (Å²) < 4.78 is 5.95. The van der Waals surface area contributed by atoms with Gasteiger partial charge in [-0.2, -0.15) is 0 Å². The molecule has 0 aliphatic carbocycles. The Morgan fingerprint density at radius 1 is 1.14 bits per heavy atom. The van der Waals surface area contributed by atoms with Crippen LogP contribution in [0.4, 0.5) is 0 Å². The Morgan fingerprint density at radius 3 is 2.57 bits per heavy atom. The molecule has 2 heterocycles. The average molecular weight is 283 g/mol. The molecule has 0 bridgehead atoms. The van der Waals surface area contributed by atoms with Crippen LogP contribution < -0.4 is 0 Å². The van der Waals surface area contributed by atoms with E-state index in [0.717, 1.165) is 5.56 Å². The predicted molar refractivity (Wildman–Crippen MR) is 77.7 cm³/mol. The van der Waals surface area contributed by atoms with Gasteiger partial charge in [0.2, 0.25) is 5.82 Å². The van der Waals surface area contributed by atoms with E-state index in [1.165, 1.54) is 0 Å². The van der Waals surface area contributed by atoms with E-state index in [9.17, 15) is 4.79 Å². The molecule has 5 nitrogen and oxygen atoms in total. The fourth-order valence-electron chi connectivity index (χ4n) is 2.52. The van der Waals surface area contributed by atoms with Crippen molar-refractivity contribution in [3.63, 3.8) is 0 Å². The van der Waals surface area contributed by atoms with E-state index in [4.69, 9.17) is 4.74 Å². The second-order valence-electron chi connectivity index (χ2n) is 5.13. The Morgan fingerprint density at radius 2 is 1.86 bits per heavy atom. The number of hydrogen-bond donors (Lipinski definition) is 0. The van der Waals surface area contributed by atoms with Gasteiger partial charge in [0.15, 0.2) is 0 Å². The summed E-state index contributed by atoms with van der Waals surface area (Å²) >= 11 is 0. The fourth-order valence-corrected chi connectivity index (χ4v) is 2.52. The molecule has 0 saturated carbocycles. The predicted octanol–water partition coefficient (Wildman–Crippen LogP) is 2.08. The summed E-state index contributed by atoms with van der Waals surface area (Å²) in [5.41, 5.74) is 1.08. The SMILES string of the molecule is CC1CN(C(=O)c2ncccn2)CC(c2ccccc2)O1. The molecule has 21 heavy (non-hydrogen) atoms. The standard InChI is InChI=1S/C16H17N3O2/c1-12-10-19(16(20)15-17-8-5-9-18-15)11-14(21-12)13-6-3-2-4-7-13/h2-9,12,14H,10-11H2,1H3. The van der Waals surface area contributed by atoms with Gasteiger partial charge >= 0.3 is 0 Å². The first-order valence-corrected chi connectivity index (χ1v) is 7.01. The van der Waals surface area contributed by atoms with Gasteiger partial charge < -0.3 is 9.64 Å². The van der Waals surface area contributed by atoms with E-state index in [-0.39, 0.29) is 23.9 Å². The molecule has 1 aromatic carbocycles. The molecule has 108 valence electrons. The van der Waals surface area contributed by atoms with Crippen molar-refractivity contribution in [3.05, 3.63) is 60.2 Å². The van der Waals surface area contributed by atoms with Crippen molar-refractivity contribution in [2.45, 2.75) is 19.1 Å². The number of morpholine rings is 1. The third-order valence-electron chi connectivity index (χ3n) is 3.48. The third-order valence-corrected chi connectivity index (χ3v) is 3.48. The summed E-state index contributed by atoms with van der Waals surface area (Å²) in [6, 6.07) is 11.7. The van der Waals surface area contributed by atoms with Gasteiger partial charge in [-0.25, -0.2) is 9.97 Å². The molecule has 0 N–H and O–H groups in total. The molecule has 1 fully saturated rings. The quantitative estimate of drug-likeness (QED) is 0.846. The minimum absolute atomic E-state index is 0.0170. The van der Waals surface area contributed by atoms with Crippen molar-refractivity contribution >= 4 is 5.91 Å². The van der Waals surface area contributed by atoms with Crippen molar-refractivity contribution in [1.82, 2.24) is 14.9 Å². The zero-order valence-corrected chi connectivity index (χ0v) is 11.8. The van der Waals surface area contributed by atoms with Crippen molar-refractivity contribution in [1.29, 1.82) is 0 Å².